The van der Waals surface area contributed by atoms with Crippen LogP contribution < -0.4 is 5.32 Å². The average Bonchev–Trinajstić information content (AvgIpc) is 2.70. The Labute approximate surface area is 160 Å². The Morgan fingerprint density at radius 2 is 1.44 bits per heavy atom. The van der Waals surface area contributed by atoms with Gasteiger partial charge in [-0.2, -0.15) is 0 Å². The van der Waals surface area contributed by atoms with Gasteiger partial charge in [-0.15, -0.1) is 0 Å². The zero-order valence-corrected chi connectivity index (χ0v) is 15.5. The van der Waals surface area contributed by atoms with Crippen molar-refractivity contribution in [1.82, 2.24) is 9.80 Å². The minimum atomic E-state index is 0.0590. The van der Waals surface area contributed by atoms with Gasteiger partial charge in [0, 0.05) is 38.4 Å². The van der Waals surface area contributed by atoms with Crippen molar-refractivity contribution in [2.75, 3.05) is 38.0 Å². The molecule has 0 bridgehead atoms. The summed E-state index contributed by atoms with van der Waals surface area (Å²) >= 11 is 0. The fourth-order valence-electron chi connectivity index (χ4n) is 3.70. The number of fused-ring (bicyclic) bond motifs is 1. The van der Waals surface area contributed by atoms with E-state index in [2.05, 4.69) is 57.6 Å². The Morgan fingerprint density at radius 3 is 2.26 bits per heavy atom. The van der Waals surface area contributed by atoms with E-state index >= 15 is 0 Å². The molecule has 138 valence electrons. The van der Waals surface area contributed by atoms with E-state index in [0.29, 0.717) is 6.54 Å². The predicted molar refractivity (Wildman–Crippen MR) is 111 cm³/mol. The smallest absolute Gasteiger partial charge is 0.238 e. The average molecular weight is 359 g/mol. The largest absolute Gasteiger partial charge is 0.325 e. The third-order valence-electron chi connectivity index (χ3n) is 5.16. The van der Waals surface area contributed by atoms with Crippen molar-refractivity contribution in [3.63, 3.8) is 0 Å². The molecule has 0 saturated carbocycles. The van der Waals surface area contributed by atoms with Gasteiger partial charge < -0.3 is 5.32 Å². The maximum Gasteiger partial charge on any atom is 0.238 e. The molecular weight excluding hydrogens is 334 g/mol. The fourth-order valence-corrected chi connectivity index (χ4v) is 3.70. The number of carbonyl (C=O) groups is 1. The standard InChI is InChI=1S/C23H25N3O/c27-23(24-21-10-2-1-3-11-21)18-26-15-13-25(14-16-26)17-20-9-6-8-19-7-4-5-12-22(19)20/h1-12H,13-18H2,(H,24,27). The second kappa shape index (κ2) is 8.33. The van der Waals surface area contributed by atoms with Gasteiger partial charge in [-0.3, -0.25) is 14.6 Å². The van der Waals surface area contributed by atoms with Crippen LogP contribution in [0.5, 0.6) is 0 Å². The van der Waals surface area contributed by atoms with E-state index < -0.39 is 0 Å². The van der Waals surface area contributed by atoms with Gasteiger partial charge in [0.25, 0.3) is 0 Å². The number of rotatable bonds is 5. The van der Waals surface area contributed by atoms with Crippen molar-refractivity contribution in [1.29, 1.82) is 0 Å². The minimum Gasteiger partial charge on any atom is -0.325 e. The first-order valence-corrected chi connectivity index (χ1v) is 9.54. The highest BCUT2D eigenvalue weighted by molar-refractivity contribution is 5.92. The van der Waals surface area contributed by atoms with Gasteiger partial charge in [0.15, 0.2) is 0 Å². The highest BCUT2D eigenvalue weighted by Crippen LogP contribution is 2.20. The lowest BCUT2D eigenvalue weighted by atomic mass is 10.0. The van der Waals surface area contributed by atoms with Crippen LogP contribution in [0.2, 0.25) is 0 Å². The Bertz CT molecular complexity index is 896. The van der Waals surface area contributed by atoms with Crippen molar-refractivity contribution < 1.29 is 4.79 Å². The molecule has 0 aromatic heterocycles. The molecule has 1 N–H and O–H groups in total. The topological polar surface area (TPSA) is 35.6 Å². The van der Waals surface area contributed by atoms with E-state index in [1.165, 1.54) is 16.3 Å². The number of anilines is 1. The Kier molecular flexibility index (Phi) is 5.47. The molecule has 4 nitrogen and oxygen atoms in total. The molecule has 1 amide bonds. The number of para-hydroxylation sites is 1. The molecule has 0 atom stereocenters. The van der Waals surface area contributed by atoms with Crippen molar-refractivity contribution in [3.8, 4) is 0 Å². The molecule has 0 aliphatic carbocycles. The van der Waals surface area contributed by atoms with Crippen LogP contribution in [0.4, 0.5) is 5.69 Å². The third kappa shape index (κ3) is 4.54. The molecule has 1 saturated heterocycles. The van der Waals surface area contributed by atoms with Crippen molar-refractivity contribution >= 4 is 22.4 Å². The van der Waals surface area contributed by atoms with E-state index in [1.54, 1.807) is 0 Å². The van der Waals surface area contributed by atoms with Crippen LogP contribution in [0, 0.1) is 0 Å². The number of nitrogens with zero attached hydrogens (tertiary/aromatic N) is 2. The van der Waals surface area contributed by atoms with E-state index in [4.69, 9.17) is 0 Å². The number of carbonyl (C=O) groups excluding carboxylic acids is 1. The number of amides is 1. The molecule has 3 aromatic carbocycles. The summed E-state index contributed by atoms with van der Waals surface area (Å²) in [6, 6.07) is 24.7. The van der Waals surface area contributed by atoms with E-state index in [0.717, 1.165) is 38.4 Å². The number of hydrogen-bond donors (Lipinski definition) is 1. The van der Waals surface area contributed by atoms with Crippen molar-refractivity contribution in [2.45, 2.75) is 6.54 Å². The number of nitrogens with one attached hydrogen (secondary N) is 1. The quantitative estimate of drug-likeness (QED) is 0.756. The van der Waals surface area contributed by atoms with Crippen LogP contribution >= 0.6 is 0 Å². The van der Waals surface area contributed by atoms with Crippen LogP contribution in [0.1, 0.15) is 5.56 Å². The predicted octanol–water partition coefficient (Wildman–Crippen LogP) is 3.60. The van der Waals surface area contributed by atoms with Gasteiger partial charge in [-0.1, -0.05) is 60.7 Å². The Balaban J connectivity index is 1.29. The maximum atomic E-state index is 12.2. The fraction of sp³-hybridized carbons (Fsp3) is 0.261. The summed E-state index contributed by atoms with van der Waals surface area (Å²) in [6.07, 6.45) is 0. The molecule has 4 rings (SSSR count). The molecule has 4 heteroatoms. The van der Waals surface area contributed by atoms with Gasteiger partial charge >= 0.3 is 0 Å². The van der Waals surface area contributed by atoms with Crippen molar-refractivity contribution in [3.05, 3.63) is 78.4 Å². The molecular formula is C23H25N3O. The second-order valence-electron chi connectivity index (χ2n) is 7.10. The molecule has 0 unspecified atom stereocenters. The summed E-state index contributed by atoms with van der Waals surface area (Å²) in [7, 11) is 0. The van der Waals surface area contributed by atoms with E-state index in [9.17, 15) is 4.79 Å². The zero-order chi connectivity index (χ0) is 18.5. The van der Waals surface area contributed by atoms with Crippen LogP contribution in [0.15, 0.2) is 72.8 Å². The zero-order valence-electron chi connectivity index (χ0n) is 15.5. The molecule has 1 aliphatic rings. The summed E-state index contributed by atoms with van der Waals surface area (Å²) in [5.74, 6) is 0.0590. The monoisotopic (exact) mass is 359 g/mol. The van der Waals surface area contributed by atoms with Crippen LogP contribution in [0.25, 0.3) is 10.8 Å². The molecule has 0 radical (unpaired) electrons. The molecule has 1 heterocycles. The maximum absolute atomic E-state index is 12.2. The first-order valence-electron chi connectivity index (χ1n) is 9.54. The Hall–Kier alpha value is -2.69. The lowest BCUT2D eigenvalue weighted by molar-refractivity contribution is -0.117. The first-order chi connectivity index (χ1) is 13.3. The molecule has 0 spiro atoms. The van der Waals surface area contributed by atoms with Gasteiger partial charge in [-0.05, 0) is 28.5 Å². The summed E-state index contributed by atoms with van der Waals surface area (Å²) in [5.41, 5.74) is 2.24. The second-order valence-corrected chi connectivity index (χ2v) is 7.10. The number of piperazine rings is 1. The van der Waals surface area contributed by atoms with Gasteiger partial charge in [0.2, 0.25) is 5.91 Å². The lowest BCUT2D eigenvalue weighted by Gasteiger charge is -2.34. The molecule has 27 heavy (non-hydrogen) atoms. The highest BCUT2D eigenvalue weighted by atomic mass is 16.2. The third-order valence-corrected chi connectivity index (χ3v) is 5.16. The molecule has 1 fully saturated rings. The Morgan fingerprint density at radius 1 is 0.778 bits per heavy atom. The lowest BCUT2D eigenvalue weighted by Crippen LogP contribution is -2.48. The minimum absolute atomic E-state index is 0.0590. The van der Waals surface area contributed by atoms with E-state index in [1.807, 2.05) is 30.3 Å². The van der Waals surface area contributed by atoms with Gasteiger partial charge in [-0.25, -0.2) is 0 Å². The van der Waals surface area contributed by atoms with Gasteiger partial charge in [0.1, 0.15) is 0 Å². The van der Waals surface area contributed by atoms with Crippen LogP contribution in [0.3, 0.4) is 0 Å². The summed E-state index contributed by atoms with van der Waals surface area (Å²) in [4.78, 5) is 16.9. The number of benzene rings is 3. The van der Waals surface area contributed by atoms with Gasteiger partial charge in [0.05, 0.1) is 6.54 Å². The normalized spacial score (nSPS) is 15.7. The number of hydrogen-bond acceptors (Lipinski definition) is 3. The van der Waals surface area contributed by atoms with Crippen molar-refractivity contribution in [2.24, 2.45) is 0 Å². The van der Waals surface area contributed by atoms with Crippen LogP contribution in [-0.4, -0.2) is 48.4 Å². The highest BCUT2D eigenvalue weighted by Gasteiger charge is 2.19. The first kappa shape index (κ1) is 17.7. The summed E-state index contributed by atoms with van der Waals surface area (Å²) < 4.78 is 0. The van der Waals surface area contributed by atoms with E-state index in [-0.39, 0.29) is 5.91 Å². The molecule has 1 aliphatic heterocycles. The summed E-state index contributed by atoms with van der Waals surface area (Å²) in [6.45, 7) is 5.24. The SMILES string of the molecule is O=C(CN1CCN(Cc2cccc3ccccc23)CC1)Nc1ccccc1. The van der Waals surface area contributed by atoms with Crippen LogP contribution in [-0.2, 0) is 11.3 Å². The molecule has 3 aromatic rings. The summed E-state index contributed by atoms with van der Waals surface area (Å²) in [5, 5.41) is 5.60.